The molecule has 20 heavy (non-hydrogen) atoms. The molecular formula is C15H22O5. The zero-order valence-corrected chi connectivity index (χ0v) is 11.8. The van der Waals surface area contributed by atoms with Crippen molar-refractivity contribution in [2.75, 3.05) is 39.6 Å². The smallest absolute Gasteiger partial charge is 0.159 e. The van der Waals surface area contributed by atoms with Crippen molar-refractivity contribution < 1.29 is 24.1 Å². The minimum Gasteiger partial charge on any atom is -0.394 e. The van der Waals surface area contributed by atoms with Gasteiger partial charge in [0.2, 0.25) is 0 Å². The number of ketones is 1. The molecule has 0 atom stereocenters. The number of benzene rings is 1. The second-order valence-corrected chi connectivity index (χ2v) is 4.26. The van der Waals surface area contributed by atoms with Crippen molar-refractivity contribution in [2.24, 2.45) is 0 Å². The third-order valence-corrected chi connectivity index (χ3v) is 2.58. The minimum atomic E-state index is 0.0302. The van der Waals surface area contributed by atoms with Crippen molar-refractivity contribution in [3.8, 4) is 0 Å². The third-order valence-electron chi connectivity index (χ3n) is 2.58. The van der Waals surface area contributed by atoms with Crippen LogP contribution >= 0.6 is 0 Å². The Morgan fingerprint density at radius 3 is 2.35 bits per heavy atom. The number of hydrogen-bond donors (Lipinski definition) is 1. The number of rotatable bonds is 11. The summed E-state index contributed by atoms with van der Waals surface area (Å²) in [4.78, 5) is 11.2. The van der Waals surface area contributed by atoms with Gasteiger partial charge in [0.1, 0.15) is 0 Å². The Morgan fingerprint density at radius 1 is 1.05 bits per heavy atom. The first kappa shape index (κ1) is 16.8. The van der Waals surface area contributed by atoms with Crippen molar-refractivity contribution in [1.29, 1.82) is 0 Å². The summed E-state index contributed by atoms with van der Waals surface area (Å²) < 4.78 is 15.8. The molecule has 1 aromatic carbocycles. The van der Waals surface area contributed by atoms with Gasteiger partial charge in [0.15, 0.2) is 5.78 Å². The van der Waals surface area contributed by atoms with Gasteiger partial charge < -0.3 is 19.3 Å². The SMILES string of the molecule is CC(=O)c1cccc(COCCOCCOCCO)c1. The predicted octanol–water partition coefficient (Wildman–Crippen LogP) is 1.43. The second kappa shape index (κ2) is 10.5. The molecule has 0 spiro atoms. The van der Waals surface area contributed by atoms with Gasteiger partial charge in [-0.2, -0.15) is 0 Å². The van der Waals surface area contributed by atoms with Crippen LogP contribution in [0.25, 0.3) is 0 Å². The lowest BCUT2D eigenvalue weighted by molar-refractivity contribution is 0.00450. The quantitative estimate of drug-likeness (QED) is 0.491. The van der Waals surface area contributed by atoms with E-state index in [1.165, 1.54) is 0 Å². The number of carbonyl (C=O) groups excluding carboxylic acids is 1. The van der Waals surface area contributed by atoms with Gasteiger partial charge in [0.05, 0.1) is 46.2 Å². The van der Waals surface area contributed by atoms with E-state index in [1.54, 1.807) is 13.0 Å². The molecule has 0 amide bonds. The van der Waals surface area contributed by atoms with E-state index < -0.39 is 0 Å². The Kier molecular flexibility index (Phi) is 8.82. The van der Waals surface area contributed by atoms with Crippen LogP contribution in [0.15, 0.2) is 24.3 Å². The first-order valence-electron chi connectivity index (χ1n) is 6.68. The molecule has 0 fully saturated rings. The first-order chi connectivity index (χ1) is 9.74. The van der Waals surface area contributed by atoms with Gasteiger partial charge in [-0.3, -0.25) is 4.79 Å². The Balaban J connectivity index is 2.06. The van der Waals surface area contributed by atoms with Gasteiger partial charge in [0.25, 0.3) is 0 Å². The molecule has 112 valence electrons. The van der Waals surface area contributed by atoms with E-state index in [0.717, 1.165) is 5.56 Å². The van der Waals surface area contributed by atoms with Crippen LogP contribution in [0, 0.1) is 0 Å². The van der Waals surface area contributed by atoms with Gasteiger partial charge in [-0.1, -0.05) is 18.2 Å². The van der Waals surface area contributed by atoms with Crippen molar-refractivity contribution in [1.82, 2.24) is 0 Å². The van der Waals surface area contributed by atoms with E-state index in [0.29, 0.717) is 45.2 Å². The summed E-state index contributed by atoms with van der Waals surface area (Å²) in [6, 6.07) is 7.41. The van der Waals surface area contributed by atoms with Gasteiger partial charge >= 0.3 is 0 Å². The molecule has 1 N–H and O–H groups in total. The molecule has 5 nitrogen and oxygen atoms in total. The Morgan fingerprint density at radius 2 is 1.70 bits per heavy atom. The third kappa shape index (κ3) is 7.35. The maximum Gasteiger partial charge on any atom is 0.159 e. The number of Topliss-reactive ketones (excluding diaryl/α,β-unsaturated/α-hetero) is 1. The Hall–Kier alpha value is -1.27. The van der Waals surface area contributed by atoms with E-state index in [2.05, 4.69) is 0 Å². The lowest BCUT2D eigenvalue weighted by Crippen LogP contribution is -2.10. The lowest BCUT2D eigenvalue weighted by atomic mass is 10.1. The monoisotopic (exact) mass is 282 g/mol. The molecular weight excluding hydrogens is 260 g/mol. The van der Waals surface area contributed by atoms with Crippen LogP contribution in [0.3, 0.4) is 0 Å². The topological polar surface area (TPSA) is 65.0 Å². The molecule has 1 aromatic rings. The molecule has 0 aliphatic heterocycles. The molecule has 5 heteroatoms. The lowest BCUT2D eigenvalue weighted by Gasteiger charge is -2.07. The molecule has 0 saturated carbocycles. The summed E-state index contributed by atoms with van der Waals surface area (Å²) in [6.07, 6.45) is 0. The number of carbonyl (C=O) groups is 1. The minimum absolute atomic E-state index is 0.0302. The molecule has 0 heterocycles. The highest BCUT2D eigenvalue weighted by atomic mass is 16.5. The standard InChI is InChI=1S/C15H22O5/c1-13(17)15-4-2-3-14(11-15)12-20-10-9-19-8-7-18-6-5-16/h2-4,11,16H,5-10,12H2,1H3. The first-order valence-corrected chi connectivity index (χ1v) is 6.68. The van der Waals surface area contributed by atoms with E-state index in [-0.39, 0.29) is 12.4 Å². The fourth-order valence-electron chi connectivity index (χ4n) is 1.57. The molecule has 0 radical (unpaired) electrons. The molecule has 0 aliphatic rings. The van der Waals surface area contributed by atoms with Crippen LogP contribution in [-0.4, -0.2) is 50.5 Å². The number of aliphatic hydroxyl groups excluding tert-OH is 1. The fraction of sp³-hybridized carbons (Fsp3) is 0.533. The van der Waals surface area contributed by atoms with Crippen LogP contribution in [0.2, 0.25) is 0 Å². The normalized spacial score (nSPS) is 10.7. The number of aliphatic hydroxyl groups is 1. The molecule has 0 aromatic heterocycles. The molecule has 0 unspecified atom stereocenters. The summed E-state index contributed by atoms with van der Waals surface area (Å²) in [5.74, 6) is 0.0538. The van der Waals surface area contributed by atoms with Gasteiger partial charge in [0, 0.05) is 5.56 Å². The molecule has 0 saturated heterocycles. The van der Waals surface area contributed by atoms with Crippen LogP contribution in [0.5, 0.6) is 0 Å². The zero-order valence-electron chi connectivity index (χ0n) is 11.8. The van der Waals surface area contributed by atoms with Crippen molar-refractivity contribution in [3.05, 3.63) is 35.4 Å². The van der Waals surface area contributed by atoms with Gasteiger partial charge in [-0.15, -0.1) is 0 Å². The van der Waals surface area contributed by atoms with Crippen molar-refractivity contribution in [2.45, 2.75) is 13.5 Å². The van der Waals surface area contributed by atoms with Gasteiger partial charge in [-0.25, -0.2) is 0 Å². The highest BCUT2D eigenvalue weighted by molar-refractivity contribution is 5.94. The Bertz CT molecular complexity index is 392. The van der Waals surface area contributed by atoms with E-state index in [4.69, 9.17) is 19.3 Å². The van der Waals surface area contributed by atoms with Crippen LogP contribution in [-0.2, 0) is 20.8 Å². The van der Waals surface area contributed by atoms with Crippen LogP contribution in [0.1, 0.15) is 22.8 Å². The fourth-order valence-corrected chi connectivity index (χ4v) is 1.57. The number of hydrogen-bond acceptors (Lipinski definition) is 5. The number of ether oxygens (including phenoxy) is 3. The maximum atomic E-state index is 11.2. The average molecular weight is 282 g/mol. The van der Waals surface area contributed by atoms with E-state index in [9.17, 15) is 4.79 Å². The zero-order chi connectivity index (χ0) is 14.6. The van der Waals surface area contributed by atoms with Crippen molar-refractivity contribution in [3.63, 3.8) is 0 Å². The largest absolute Gasteiger partial charge is 0.394 e. The summed E-state index contributed by atoms with van der Waals surface area (Å²) in [5.41, 5.74) is 1.67. The predicted molar refractivity (Wildman–Crippen MR) is 74.8 cm³/mol. The average Bonchev–Trinajstić information content (AvgIpc) is 2.46. The van der Waals surface area contributed by atoms with Crippen LogP contribution in [0.4, 0.5) is 0 Å². The second-order valence-electron chi connectivity index (χ2n) is 4.26. The van der Waals surface area contributed by atoms with Crippen LogP contribution < -0.4 is 0 Å². The highest BCUT2D eigenvalue weighted by Crippen LogP contribution is 2.07. The summed E-state index contributed by atoms with van der Waals surface area (Å²) >= 11 is 0. The summed E-state index contributed by atoms with van der Waals surface area (Å²) in [5, 5.41) is 8.49. The van der Waals surface area contributed by atoms with Crippen molar-refractivity contribution >= 4 is 5.78 Å². The Labute approximate surface area is 119 Å². The summed E-state index contributed by atoms with van der Waals surface area (Å²) in [7, 11) is 0. The van der Waals surface area contributed by atoms with E-state index in [1.807, 2.05) is 18.2 Å². The summed E-state index contributed by atoms with van der Waals surface area (Å²) in [6.45, 7) is 4.33. The molecule has 0 bridgehead atoms. The van der Waals surface area contributed by atoms with Gasteiger partial charge in [-0.05, 0) is 18.6 Å². The molecule has 0 aliphatic carbocycles. The maximum absolute atomic E-state index is 11.2. The highest BCUT2D eigenvalue weighted by Gasteiger charge is 2.00. The molecule has 1 rings (SSSR count). The van der Waals surface area contributed by atoms with E-state index >= 15 is 0 Å².